The minimum atomic E-state index is 0.0909. The largest absolute Gasteiger partial charge is 0.356 e. The van der Waals surface area contributed by atoms with Gasteiger partial charge in [0.1, 0.15) is 0 Å². The summed E-state index contributed by atoms with van der Waals surface area (Å²) < 4.78 is 5.27. The highest BCUT2D eigenvalue weighted by atomic mass is 16.5. The van der Waals surface area contributed by atoms with Gasteiger partial charge in [0.05, 0.1) is 6.20 Å². The molecule has 0 aliphatic rings. The molecule has 1 aromatic carbocycles. The molecule has 0 bridgehead atoms. The van der Waals surface area contributed by atoms with Gasteiger partial charge in [0, 0.05) is 5.39 Å². The van der Waals surface area contributed by atoms with Gasteiger partial charge in [-0.15, -0.1) is 0 Å². The summed E-state index contributed by atoms with van der Waals surface area (Å²) in [4.78, 5) is 0. The molecule has 0 saturated carbocycles. The highest BCUT2D eigenvalue weighted by Gasteiger charge is 2.27. The smallest absolute Gasteiger partial charge is 0.167 e. The number of nitrogens with zero attached hydrogens (tertiary/aromatic N) is 1. The molecule has 2 heteroatoms. The Balaban J connectivity index is 2.85. The first-order chi connectivity index (χ1) is 7.71. The van der Waals surface area contributed by atoms with Crippen LogP contribution >= 0.6 is 0 Å². The van der Waals surface area contributed by atoms with Gasteiger partial charge in [-0.3, -0.25) is 0 Å². The summed E-state index contributed by atoms with van der Waals surface area (Å²) in [5.74, 6) is 0. The summed E-state index contributed by atoms with van der Waals surface area (Å²) in [5, 5.41) is 5.07. The van der Waals surface area contributed by atoms with Crippen molar-refractivity contribution in [3.63, 3.8) is 0 Å². The molecule has 0 aliphatic carbocycles. The zero-order chi connectivity index (χ0) is 12.8. The third kappa shape index (κ3) is 2.08. The molecule has 2 rings (SSSR count). The van der Waals surface area contributed by atoms with Crippen LogP contribution in [0.25, 0.3) is 11.0 Å². The third-order valence-corrected chi connectivity index (χ3v) is 3.10. The summed E-state index contributed by atoms with van der Waals surface area (Å²) in [5.41, 5.74) is 3.83. The number of hydrogen-bond acceptors (Lipinski definition) is 2. The number of fused-ring (bicyclic) bond motifs is 1. The van der Waals surface area contributed by atoms with E-state index in [0.717, 1.165) is 11.0 Å². The fourth-order valence-corrected chi connectivity index (χ4v) is 2.38. The summed E-state index contributed by atoms with van der Waals surface area (Å²) in [7, 11) is 0. The van der Waals surface area contributed by atoms with E-state index in [0.29, 0.717) is 0 Å². The van der Waals surface area contributed by atoms with Gasteiger partial charge in [-0.1, -0.05) is 52.8 Å². The van der Waals surface area contributed by atoms with Crippen molar-refractivity contribution >= 4 is 11.0 Å². The number of hydrogen-bond donors (Lipinski definition) is 0. The molecule has 0 unspecified atom stereocenters. The van der Waals surface area contributed by atoms with Crippen molar-refractivity contribution in [2.24, 2.45) is 0 Å². The maximum Gasteiger partial charge on any atom is 0.167 e. The summed E-state index contributed by atoms with van der Waals surface area (Å²) >= 11 is 0. The Kier molecular flexibility index (Phi) is 2.57. The maximum absolute atomic E-state index is 5.27. The Morgan fingerprint density at radius 2 is 1.59 bits per heavy atom. The first-order valence-corrected chi connectivity index (χ1v) is 6.09. The molecule has 0 spiro atoms. The van der Waals surface area contributed by atoms with E-state index in [1.54, 1.807) is 0 Å². The maximum atomic E-state index is 5.27. The highest BCUT2D eigenvalue weighted by molar-refractivity contribution is 5.82. The number of aromatic nitrogens is 1. The molecule has 1 heterocycles. The summed E-state index contributed by atoms with van der Waals surface area (Å²) in [6.45, 7) is 13.5. The van der Waals surface area contributed by atoms with E-state index >= 15 is 0 Å². The van der Waals surface area contributed by atoms with Crippen LogP contribution in [0.2, 0.25) is 0 Å². The lowest BCUT2D eigenvalue weighted by Crippen LogP contribution is -2.22. The molecule has 2 nitrogen and oxygen atoms in total. The molecule has 92 valence electrons. The first kappa shape index (κ1) is 12.2. The van der Waals surface area contributed by atoms with Gasteiger partial charge < -0.3 is 4.52 Å². The molecule has 0 aliphatic heterocycles. The SMILES string of the molecule is CC(C)(C)c1ccc2oncc2c1C(C)(C)C. The topological polar surface area (TPSA) is 26.0 Å². The van der Waals surface area contributed by atoms with Gasteiger partial charge in [0.25, 0.3) is 0 Å². The van der Waals surface area contributed by atoms with Crippen molar-refractivity contribution in [2.75, 3.05) is 0 Å². The minimum absolute atomic E-state index is 0.0909. The third-order valence-electron chi connectivity index (χ3n) is 3.10. The molecule has 0 fully saturated rings. The normalized spacial score (nSPS) is 13.3. The van der Waals surface area contributed by atoms with Crippen LogP contribution in [0.1, 0.15) is 52.7 Å². The standard InChI is InChI=1S/C15H21NO/c1-14(2,3)11-7-8-12-10(9-16-17-12)13(11)15(4,5)6/h7-9H,1-6H3. The first-order valence-electron chi connectivity index (χ1n) is 6.09. The second-order valence-corrected chi connectivity index (χ2v) is 6.73. The second kappa shape index (κ2) is 3.59. The number of rotatable bonds is 0. The lowest BCUT2D eigenvalue weighted by molar-refractivity contribution is 0.456. The fourth-order valence-electron chi connectivity index (χ4n) is 2.38. The minimum Gasteiger partial charge on any atom is -0.356 e. The van der Waals surface area contributed by atoms with Crippen LogP contribution in [-0.4, -0.2) is 5.16 Å². The van der Waals surface area contributed by atoms with E-state index in [1.807, 2.05) is 12.3 Å². The average molecular weight is 231 g/mol. The number of benzene rings is 1. The van der Waals surface area contributed by atoms with Gasteiger partial charge in [-0.2, -0.15) is 0 Å². The van der Waals surface area contributed by atoms with E-state index in [9.17, 15) is 0 Å². The molecule has 0 amide bonds. The quantitative estimate of drug-likeness (QED) is 0.670. The van der Waals surface area contributed by atoms with Crippen molar-refractivity contribution in [1.82, 2.24) is 5.16 Å². The Hall–Kier alpha value is -1.31. The van der Waals surface area contributed by atoms with Crippen molar-refractivity contribution in [1.29, 1.82) is 0 Å². The molecular formula is C15H21NO. The van der Waals surface area contributed by atoms with E-state index in [4.69, 9.17) is 4.52 Å². The van der Waals surface area contributed by atoms with Crippen LogP contribution in [0.3, 0.4) is 0 Å². The van der Waals surface area contributed by atoms with Crippen LogP contribution < -0.4 is 0 Å². The van der Waals surface area contributed by atoms with Crippen molar-refractivity contribution in [2.45, 2.75) is 52.4 Å². The van der Waals surface area contributed by atoms with Gasteiger partial charge >= 0.3 is 0 Å². The van der Waals surface area contributed by atoms with Crippen LogP contribution in [0.15, 0.2) is 22.9 Å². The molecule has 0 N–H and O–H groups in total. The molecule has 1 aromatic heterocycles. The average Bonchev–Trinajstić information content (AvgIpc) is 2.59. The van der Waals surface area contributed by atoms with E-state index in [2.05, 4.69) is 52.8 Å². The predicted molar refractivity (Wildman–Crippen MR) is 71.4 cm³/mol. The summed E-state index contributed by atoms with van der Waals surface area (Å²) in [6.07, 6.45) is 1.84. The van der Waals surface area contributed by atoms with Crippen LogP contribution in [-0.2, 0) is 10.8 Å². The fraction of sp³-hybridized carbons (Fsp3) is 0.533. The predicted octanol–water partition coefficient (Wildman–Crippen LogP) is 4.42. The van der Waals surface area contributed by atoms with Crippen molar-refractivity contribution in [3.05, 3.63) is 29.5 Å². The zero-order valence-electron chi connectivity index (χ0n) is 11.6. The van der Waals surface area contributed by atoms with Gasteiger partial charge in [-0.05, 0) is 28.0 Å². The highest BCUT2D eigenvalue weighted by Crippen LogP contribution is 2.38. The second-order valence-electron chi connectivity index (χ2n) is 6.73. The van der Waals surface area contributed by atoms with E-state index < -0.39 is 0 Å². The van der Waals surface area contributed by atoms with E-state index in [-0.39, 0.29) is 10.8 Å². The molecule has 2 aromatic rings. The molecular weight excluding hydrogens is 210 g/mol. The van der Waals surface area contributed by atoms with Crippen LogP contribution in [0, 0.1) is 0 Å². The van der Waals surface area contributed by atoms with E-state index in [1.165, 1.54) is 11.1 Å². The Morgan fingerprint density at radius 3 is 2.12 bits per heavy atom. The summed E-state index contributed by atoms with van der Waals surface area (Å²) in [6, 6.07) is 4.20. The van der Waals surface area contributed by atoms with Gasteiger partial charge in [0.15, 0.2) is 5.58 Å². The monoisotopic (exact) mass is 231 g/mol. The van der Waals surface area contributed by atoms with Gasteiger partial charge in [0.2, 0.25) is 0 Å². The van der Waals surface area contributed by atoms with Crippen LogP contribution in [0.5, 0.6) is 0 Å². The Labute approximate surface area is 103 Å². The van der Waals surface area contributed by atoms with Crippen molar-refractivity contribution < 1.29 is 4.52 Å². The lowest BCUT2D eigenvalue weighted by Gasteiger charge is -2.30. The molecule has 17 heavy (non-hydrogen) atoms. The Morgan fingerprint density at radius 1 is 0.941 bits per heavy atom. The molecule has 0 radical (unpaired) electrons. The molecule has 0 atom stereocenters. The zero-order valence-corrected chi connectivity index (χ0v) is 11.6. The molecule has 0 saturated heterocycles. The van der Waals surface area contributed by atoms with Gasteiger partial charge in [-0.25, -0.2) is 0 Å². The Bertz CT molecular complexity index is 538. The lowest BCUT2D eigenvalue weighted by atomic mass is 9.74. The van der Waals surface area contributed by atoms with Crippen molar-refractivity contribution in [3.8, 4) is 0 Å². The van der Waals surface area contributed by atoms with Crippen LogP contribution in [0.4, 0.5) is 0 Å².